The molecule has 92 valence electrons. The van der Waals surface area contributed by atoms with Crippen molar-refractivity contribution in [1.29, 1.82) is 0 Å². The SMILES string of the molecule is CNC1CCC(C(=O)O)(c2ccncc2)CC1. The number of rotatable bonds is 3. The van der Waals surface area contributed by atoms with Gasteiger partial charge in [-0.15, -0.1) is 0 Å². The number of aromatic nitrogens is 1. The van der Waals surface area contributed by atoms with Gasteiger partial charge in [-0.25, -0.2) is 0 Å². The molecule has 0 radical (unpaired) electrons. The molecule has 2 rings (SSSR count). The van der Waals surface area contributed by atoms with Crippen molar-refractivity contribution >= 4 is 5.97 Å². The van der Waals surface area contributed by atoms with Gasteiger partial charge >= 0.3 is 5.97 Å². The van der Waals surface area contributed by atoms with Crippen LogP contribution in [0.25, 0.3) is 0 Å². The Kier molecular flexibility index (Phi) is 3.43. The molecule has 1 saturated carbocycles. The maximum absolute atomic E-state index is 11.6. The fraction of sp³-hybridized carbons (Fsp3) is 0.538. The molecule has 1 heterocycles. The number of pyridine rings is 1. The Morgan fingerprint density at radius 1 is 1.41 bits per heavy atom. The van der Waals surface area contributed by atoms with Gasteiger partial charge in [-0.1, -0.05) is 0 Å². The van der Waals surface area contributed by atoms with E-state index in [9.17, 15) is 9.90 Å². The summed E-state index contributed by atoms with van der Waals surface area (Å²) >= 11 is 0. The molecule has 1 aromatic rings. The highest BCUT2D eigenvalue weighted by Gasteiger charge is 2.43. The summed E-state index contributed by atoms with van der Waals surface area (Å²) in [6, 6.07) is 4.10. The normalized spacial score (nSPS) is 28.9. The number of hydrogen-bond donors (Lipinski definition) is 2. The van der Waals surface area contributed by atoms with Crippen molar-refractivity contribution in [1.82, 2.24) is 10.3 Å². The van der Waals surface area contributed by atoms with E-state index in [1.807, 2.05) is 19.2 Å². The number of carboxylic acids is 1. The Balaban J connectivity index is 2.27. The third-order valence-corrected chi connectivity index (χ3v) is 3.89. The minimum atomic E-state index is -0.712. The third kappa shape index (κ3) is 2.17. The summed E-state index contributed by atoms with van der Waals surface area (Å²) in [5, 5.41) is 12.8. The zero-order valence-corrected chi connectivity index (χ0v) is 10.0. The van der Waals surface area contributed by atoms with Crippen molar-refractivity contribution in [2.45, 2.75) is 37.1 Å². The summed E-state index contributed by atoms with van der Waals surface area (Å²) in [6.07, 6.45) is 6.54. The zero-order valence-electron chi connectivity index (χ0n) is 10.0. The molecule has 1 aliphatic carbocycles. The maximum Gasteiger partial charge on any atom is 0.314 e. The molecule has 0 aliphatic heterocycles. The van der Waals surface area contributed by atoms with Gasteiger partial charge in [0.1, 0.15) is 0 Å². The lowest BCUT2D eigenvalue weighted by Gasteiger charge is -2.37. The third-order valence-electron chi connectivity index (χ3n) is 3.89. The number of nitrogens with zero attached hydrogens (tertiary/aromatic N) is 1. The maximum atomic E-state index is 11.6. The van der Waals surface area contributed by atoms with Crippen molar-refractivity contribution in [3.05, 3.63) is 30.1 Å². The second-order valence-corrected chi connectivity index (χ2v) is 4.69. The van der Waals surface area contributed by atoms with E-state index in [2.05, 4.69) is 10.3 Å². The van der Waals surface area contributed by atoms with Crippen LogP contribution in [-0.2, 0) is 10.2 Å². The van der Waals surface area contributed by atoms with Gasteiger partial charge in [0.05, 0.1) is 5.41 Å². The van der Waals surface area contributed by atoms with Crippen LogP contribution < -0.4 is 5.32 Å². The van der Waals surface area contributed by atoms with Crippen molar-refractivity contribution < 1.29 is 9.90 Å². The summed E-state index contributed by atoms with van der Waals surface area (Å²) in [5.41, 5.74) is 0.172. The van der Waals surface area contributed by atoms with Gasteiger partial charge < -0.3 is 10.4 Å². The molecule has 1 fully saturated rings. The number of carboxylic acid groups (broad SMARTS) is 1. The quantitative estimate of drug-likeness (QED) is 0.833. The molecule has 1 aliphatic rings. The Hall–Kier alpha value is -1.42. The zero-order chi connectivity index (χ0) is 12.3. The summed E-state index contributed by atoms with van der Waals surface area (Å²) < 4.78 is 0. The van der Waals surface area contributed by atoms with Gasteiger partial charge in [-0.2, -0.15) is 0 Å². The molecule has 4 nitrogen and oxygen atoms in total. The molecule has 4 heteroatoms. The number of nitrogens with one attached hydrogen (secondary N) is 1. The van der Waals surface area contributed by atoms with Crippen molar-refractivity contribution in [3.63, 3.8) is 0 Å². The molecule has 17 heavy (non-hydrogen) atoms. The van der Waals surface area contributed by atoms with Crippen LogP contribution in [0.1, 0.15) is 31.2 Å². The fourth-order valence-corrected chi connectivity index (χ4v) is 2.70. The largest absolute Gasteiger partial charge is 0.481 e. The summed E-state index contributed by atoms with van der Waals surface area (Å²) in [6.45, 7) is 0. The minimum absolute atomic E-state index is 0.448. The molecule has 2 N–H and O–H groups in total. The van der Waals surface area contributed by atoms with E-state index in [1.165, 1.54) is 0 Å². The van der Waals surface area contributed by atoms with Gasteiger partial charge in [-0.3, -0.25) is 9.78 Å². The van der Waals surface area contributed by atoms with Crippen molar-refractivity contribution in [3.8, 4) is 0 Å². The molecule has 1 aromatic heterocycles. The van der Waals surface area contributed by atoms with Gasteiger partial charge in [0.25, 0.3) is 0 Å². The first kappa shape index (κ1) is 12.0. The van der Waals surface area contributed by atoms with Gasteiger partial charge in [0, 0.05) is 18.4 Å². The van der Waals surface area contributed by atoms with Gasteiger partial charge in [0.15, 0.2) is 0 Å². The van der Waals surface area contributed by atoms with E-state index in [0.717, 1.165) is 18.4 Å². The lowest BCUT2D eigenvalue weighted by molar-refractivity contribution is -0.145. The smallest absolute Gasteiger partial charge is 0.314 e. The van der Waals surface area contributed by atoms with E-state index < -0.39 is 11.4 Å². The first-order chi connectivity index (χ1) is 8.19. The highest BCUT2D eigenvalue weighted by molar-refractivity contribution is 5.81. The number of carbonyl (C=O) groups is 1. The first-order valence-corrected chi connectivity index (χ1v) is 6.00. The second kappa shape index (κ2) is 4.84. The minimum Gasteiger partial charge on any atom is -0.481 e. The average Bonchev–Trinajstić information content (AvgIpc) is 2.39. The summed E-state index contributed by atoms with van der Waals surface area (Å²) in [5.74, 6) is -0.710. The summed E-state index contributed by atoms with van der Waals surface area (Å²) in [7, 11) is 1.94. The van der Waals surface area contributed by atoms with Crippen LogP contribution in [0.4, 0.5) is 0 Å². The fourth-order valence-electron chi connectivity index (χ4n) is 2.70. The summed E-state index contributed by atoms with van der Waals surface area (Å²) in [4.78, 5) is 15.6. The highest BCUT2D eigenvalue weighted by Crippen LogP contribution is 2.39. The highest BCUT2D eigenvalue weighted by atomic mass is 16.4. The van der Waals surface area contributed by atoms with Crippen LogP contribution in [0.15, 0.2) is 24.5 Å². The van der Waals surface area contributed by atoms with Crippen molar-refractivity contribution in [2.24, 2.45) is 0 Å². The Morgan fingerprint density at radius 3 is 2.47 bits per heavy atom. The van der Waals surface area contributed by atoms with Crippen LogP contribution >= 0.6 is 0 Å². The topological polar surface area (TPSA) is 62.2 Å². The number of aliphatic carboxylic acids is 1. The predicted octanol–water partition coefficient (Wildman–Crippen LogP) is 1.57. The Bertz CT molecular complexity index is 384. The first-order valence-electron chi connectivity index (χ1n) is 6.00. The lowest BCUT2D eigenvalue weighted by atomic mass is 9.68. The van der Waals surface area contributed by atoms with E-state index in [1.54, 1.807) is 12.4 Å². The molecule has 0 amide bonds. The van der Waals surface area contributed by atoms with Gasteiger partial charge in [-0.05, 0) is 50.4 Å². The molecular formula is C13H18N2O2. The standard InChI is InChI=1S/C13H18N2O2/c1-14-11-2-6-13(7-3-11,12(16)17)10-4-8-15-9-5-10/h4-5,8-9,11,14H,2-3,6-7H2,1H3,(H,16,17). The van der Waals surface area contributed by atoms with E-state index in [4.69, 9.17) is 0 Å². The van der Waals surface area contributed by atoms with Gasteiger partial charge in [0.2, 0.25) is 0 Å². The van der Waals surface area contributed by atoms with Crippen LogP contribution in [0, 0.1) is 0 Å². The Labute approximate surface area is 101 Å². The second-order valence-electron chi connectivity index (χ2n) is 4.69. The molecule has 0 unspecified atom stereocenters. The predicted molar refractivity (Wildman–Crippen MR) is 64.9 cm³/mol. The van der Waals surface area contributed by atoms with Crippen LogP contribution in [0.3, 0.4) is 0 Å². The molecule has 0 spiro atoms. The Morgan fingerprint density at radius 2 is 2.00 bits per heavy atom. The van der Waals surface area contributed by atoms with Crippen LogP contribution in [0.5, 0.6) is 0 Å². The average molecular weight is 234 g/mol. The van der Waals surface area contributed by atoms with Crippen LogP contribution in [0.2, 0.25) is 0 Å². The molecular weight excluding hydrogens is 216 g/mol. The van der Waals surface area contributed by atoms with E-state index in [0.29, 0.717) is 18.9 Å². The van der Waals surface area contributed by atoms with E-state index in [-0.39, 0.29) is 0 Å². The molecule has 0 bridgehead atoms. The monoisotopic (exact) mass is 234 g/mol. The lowest BCUT2D eigenvalue weighted by Crippen LogP contribution is -2.43. The van der Waals surface area contributed by atoms with Crippen molar-refractivity contribution in [2.75, 3.05) is 7.05 Å². The van der Waals surface area contributed by atoms with Crippen LogP contribution in [-0.4, -0.2) is 29.1 Å². The molecule has 0 saturated heterocycles. The molecule has 0 aromatic carbocycles. The number of hydrogen-bond acceptors (Lipinski definition) is 3. The molecule has 0 atom stereocenters. The van der Waals surface area contributed by atoms with E-state index >= 15 is 0 Å².